The van der Waals surface area contributed by atoms with Gasteiger partial charge in [0.2, 0.25) is 0 Å². The quantitative estimate of drug-likeness (QED) is 0.154. The summed E-state index contributed by atoms with van der Waals surface area (Å²) in [6, 6.07) is 68.8. The number of hydrogen-bond acceptors (Lipinski definition) is 1. The smallest absolute Gasteiger partial charge is 0.174 e. The highest BCUT2D eigenvalue weighted by Gasteiger charge is 2.52. The average Bonchev–Trinajstić information content (AvgIpc) is 3.15. The van der Waals surface area contributed by atoms with Crippen LogP contribution in [-0.4, -0.2) is 0 Å². The fourth-order valence-electron chi connectivity index (χ4n) is 7.34. The molecule has 0 aromatic heterocycles. The Kier molecular flexibility index (Phi) is 9.58. The van der Waals surface area contributed by atoms with Crippen molar-refractivity contribution in [2.45, 2.75) is 19.3 Å². The van der Waals surface area contributed by atoms with Gasteiger partial charge in [-0.15, -0.1) is 0 Å². The highest BCUT2D eigenvalue weighted by molar-refractivity contribution is 8.01. The van der Waals surface area contributed by atoms with Gasteiger partial charge < -0.3 is 28.7 Å². The van der Waals surface area contributed by atoms with E-state index in [2.05, 4.69) is 202 Å². The van der Waals surface area contributed by atoms with Crippen LogP contribution in [-0.2, 0) is 5.41 Å². The molecule has 0 fully saturated rings. The molecule has 7 aromatic carbocycles. The number of halogens is 1. The molecular weight excluding hydrogens is 745 g/mol. The third-order valence-electron chi connectivity index (χ3n) is 9.60. The first-order chi connectivity index (χ1) is 23.6. The summed E-state index contributed by atoms with van der Waals surface area (Å²) >= 11 is 0. The predicted octanol–water partition coefficient (Wildman–Crippen LogP) is 5.50. The molecule has 0 spiro atoms. The van der Waals surface area contributed by atoms with Gasteiger partial charge >= 0.3 is 0 Å². The summed E-state index contributed by atoms with van der Waals surface area (Å²) in [5.41, 5.74) is 2.16. The Bertz CT molecular complexity index is 2030. The molecule has 4 heteroatoms. The van der Waals surface area contributed by atoms with Gasteiger partial charge in [0.1, 0.15) is 28.9 Å². The van der Waals surface area contributed by atoms with Gasteiger partial charge in [0.15, 0.2) is 11.1 Å². The maximum Gasteiger partial charge on any atom is 0.174 e. The van der Waals surface area contributed by atoms with Crippen LogP contribution in [0.15, 0.2) is 188 Å². The average molecular weight is 783 g/mol. The van der Waals surface area contributed by atoms with E-state index < -0.39 is 15.2 Å². The third-order valence-corrected chi connectivity index (χ3v) is 16.4. The van der Waals surface area contributed by atoms with E-state index in [9.17, 15) is 0 Å². The van der Waals surface area contributed by atoms with Gasteiger partial charge in [0, 0.05) is 21.8 Å². The summed E-state index contributed by atoms with van der Waals surface area (Å²) in [6.07, 6.45) is 0. The van der Waals surface area contributed by atoms with E-state index in [1.54, 1.807) is 0 Å². The molecule has 0 atom stereocenters. The van der Waals surface area contributed by atoms with Crippen molar-refractivity contribution in [1.82, 2.24) is 0 Å². The Morgan fingerprint density at radius 1 is 0.429 bits per heavy atom. The summed E-state index contributed by atoms with van der Waals surface area (Å²) in [6.45, 7) is 4.73. The fraction of sp³-hybridized carbons (Fsp3) is 0.0667. The van der Waals surface area contributed by atoms with Crippen LogP contribution in [0.5, 0.6) is 11.5 Å². The zero-order valence-electron chi connectivity index (χ0n) is 27.6. The van der Waals surface area contributed by atoms with Crippen molar-refractivity contribution in [2.24, 2.45) is 0 Å². The minimum atomic E-state index is -2.41. The van der Waals surface area contributed by atoms with E-state index in [1.807, 2.05) is 0 Å². The lowest BCUT2D eigenvalue weighted by Crippen LogP contribution is -3.00. The summed E-state index contributed by atoms with van der Waals surface area (Å²) in [5.74, 6) is 1.98. The minimum absolute atomic E-state index is 0. The Labute approximate surface area is 309 Å². The molecule has 240 valence electrons. The first kappa shape index (κ1) is 33.4. The molecule has 0 unspecified atom stereocenters. The standard InChI is InChI=1S/C45H37OP2.HI/c1-45(2)39-30-18-32-41(47(34-20-8-3-9-21-34)35-22-10-4-11-23-35)43(39)46-44-40(45)31-19-33-42(44)48(36-24-12-5-13-25-36,37-26-14-6-15-27-37)38-28-16-7-17-29-38;/h3-33H,1-2H3;1H/q+1;/p-1. The van der Waals surface area contributed by atoms with Crippen molar-refractivity contribution in [2.75, 3.05) is 0 Å². The van der Waals surface area contributed by atoms with Crippen LogP contribution in [0.25, 0.3) is 0 Å². The predicted molar refractivity (Wildman–Crippen MR) is 209 cm³/mol. The molecule has 49 heavy (non-hydrogen) atoms. The van der Waals surface area contributed by atoms with Crippen molar-refractivity contribution in [3.63, 3.8) is 0 Å². The lowest BCUT2D eigenvalue weighted by Gasteiger charge is -2.38. The van der Waals surface area contributed by atoms with Gasteiger partial charge in [-0.25, -0.2) is 0 Å². The molecule has 1 aliphatic rings. The van der Waals surface area contributed by atoms with E-state index in [0.717, 1.165) is 11.5 Å². The molecular formula is C45H37IOP2. The topological polar surface area (TPSA) is 9.23 Å². The minimum Gasteiger partial charge on any atom is -1.00 e. The number of ether oxygens (including phenoxy) is 1. The number of hydrogen-bond donors (Lipinski definition) is 0. The first-order valence-corrected chi connectivity index (χ1v) is 19.6. The highest BCUT2D eigenvalue weighted by atomic mass is 127. The van der Waals surface area contributed by atoms with Crippen LogP contribution in [0.4, 0.5) is 0 Å². The van der Waals surface area contributed by atoms with Crippen molar-refractivity contribution in [3.8, 4) is 11.5 Å². The molecule has 0 saturated heterocycles. The zero-order valence-corrected chi connectivity index (χ0v) is 31.5. The molecule has 1 nitrogen and oxygen atoms in total. The Balaban J connectivity index is 0.00000378. The van der Waals surface area contributed by atoms with Crippen LogP contribution in [0.1, 0.15) is 25.0 Å². The van der Waals surface area contributed by atoms with E-state index in [1.165, 1.54) is 48.3 Å². The second kappa shape index (κ2) is 14.0. The first-order valence-electron chi connectivity index (χ1n) is 16.5. The molecule has 0 N–H and O–H groups in total. The molecule has 0 bridgehead atoms. The van der Waals surface area contributed by atoms with Crippen LogP contribution in [0.2, 0.25) is 0 Å². The Morgan fingerprint density at radius 2 is 0.816 bits per heavy atom. The van der Waals surface area contributed by atoms with Crippen molar-refractivity contribution in [1.29, 1.82) is 0 Å². The number of rotatable bonds is 7. The van der Waals surface area contributed by atoms with Gasteiger partial charge in [-0.1, -0.05) is 159 Å². The van der Waals surface area contributed by atoms with Crippen molar-refractivity contribution in [3.05, 3.63) is 199 Å². The molecule has 8 rings (SSSR count). The number of fused-ring (bicyclic) bond motifs is 2. The van der Waals surface area contributed by atoms with Gasteiger partial charge in [0.25, 0.3) is 0 Å². The number of para-hydroxylation sites is 2. The second-order valence-electron chi connectivity index (χ2n) is 12.7. The number of benzene rings is 7. The molecule has 1 aliphatic heterocycles. The lowest BCUT2D eigenvalue weighted by atomic mass is 9.76. The SMILES string of the molecule is CC1(C)c2cccc(P(c3ccccc3)c3ccccc3)c2Oc2c1cccc2[P+](c1ccccc1)(c1ccccc1)c1ccccc1.[I-]. The maximum atomic E-state index is 7.51. The largest absolute Gasteiger partial charge is 1.00 e. The van der Waals surface area contributed by atoms with Crippen molar-refractivity contribution < 1.29 is 28.7 Å². The summed E-state index contributed by atoms with van der Waals surface area (Å²) in [4.78, 5) is 0. The lowest BCUT2D eigenvalue weighted by molar-refractivity contribution is -0.00000974. The van der Waals surface area contributed by atoms with Crippen LogP contribution >= 0.6 is 15.2 Å². The second-order valence-corrected chi connectivity index (χ2v) is 18.3. The van der Waals surface area contributed by atoms with Gasteiger partial charge in [0.05, 0.1) is 0 Å². The molecule has 1 heterocycles. The zero-order chi connectivity index (χ0) is 32.6. The highest BCUT2D eigenvalue weighted by Crippen LogP contribution is 2.59. The van der Waals surface area contributed by atoms with Gasteiger partial charge in [-0.3, -0.25) is 0 Å². The molecule has 7 aromatic rings. The van der Waals surface area contributed by atoms with Crippen LogP contribution in [0, 0.1) is 0 Å². The van der Waals surface area contributed by atoms with E-state index in [0.29, 0.717) is 0 Å². The normalized spacial score (nSPS) is 13.0. The van der Waals surface area contributed by atoms with E-state index in [-0.39, 0.29) is 29.4 Å². The summed E-state index contributed by atoms with van der Waals surface area (Å²) in [5, 5.41) is 9.06. The van der Waals surface area contributed by atoms with Crippen LogP contribution in [0.3, 0.4) is 0 Å². The van der Waals surface area contributed by atoms with Gasteiger partial charge in [-0.2, -0.15) is 0 Å². The fourth-order valence-corrected chi connectivity index (χ4v) is 14.1. The molecule has 0 aliphatic carbocycles. The Morgan fingerprint density at radius 3 is 1.27 bits per heavy atom. The molecule has 0 radical (unpaired) electrons. The van der Waals surface area contributed by atoms with E-state index >= 15 is 0 Å². The van der Waals surface area contributed by atoms with E-state index in [4.69, 9.17) is 4.74 Å². The Hall–Kier alpha value is -4.07. The molecule has 0 amide bonds. The third kappa shape index (κ3) is 5.75. The maximum absolute atomic E-state index is 7.51. The summed E-state index contributed by atoms with van der Waals surface area (Å²) in [7, 11) is -3.29. The molecule has 0 saturated carbocycles. The summed E-state index contributed by atoms with van der Waals surface area (Å²) < 4.78 is 7.51. The van der Waals surface area contributed by atoms with Gasteiger partial charge in [-0.05, 0) is 61.0 Å². The van der Waals surface area contributed by atoms with Crippen LogP contribution < -0.4 is 65.8 Å². The monoisotopic (exact) mass is 782 g/mol. The van der Waals surface area contributed by atoms with Crippen molar-refractivity contribution >= 4 is 52.3 Å².